The highest BCUT2D eigenvalue weighted by molar-refractivity contribution is 5.96. The molecule has 1 aliphatic heterocycles. The summed E-state index contributed by atoms with van der Waals surface area (Å²) in [5.74, 6) is -1.07. The van der Waals surface area contributed by atoms with Gasteiger partial charge in [0.25, 0.3) is 11.5 Å². The second-order valence-corrected chi connectivity index (χ2v) is 7.26. The summed E-state index contributed by atoms with van der Waals surface area (Å²) in [5.41, 5.74) is 5.86. The topological polar surface area (TPSA) is 122 Å². The van der Waals surface area contributed by atoms with E-state index >= 15 is 0 Å². The number of likely N-dealkylation sites (tertiary alicyclic amines) is 1. The molecule has 1 saturated heterocycles. The van der Waals surface area contributed by atoms with Crippen LogP contribution in [0, 0.1) is 0 Å². The number of aromatic nitrogens is 2. The molecular weight excluding hydrogens is 374 g/mol. The minimum Gasteiger partial charge on any atom is -0.392 e. The summed E-state index contributed by atoms with van der Waals surface area (Å²) < 4.78 is 1.23. The zero-order chi connectivity index (χ0) is 21.1. The minimum absolute atomic E-state index is 0.166. The number of aliphatic hydroxyl groups is 1. The number of hydrogen-bond acceptors (Lipinski definition) is 6. The number of amides is 2. The number of likely N-dealkylation sites (N-methyl/N-ethyl adjacent to an activating group) is 1. The summed E-state index contributed by atoms with van der Waals surface area (Å²) in [6.45, 7) is 6.42. The molecule has 1 aliphatic rings. The Morgan fingerprint density at radius 1 is 1.34 bits per heavy atom. The Balaban J connectivity index is 2.10. The van der Waals surface area contributed by atoms with E-state index in [0.29, 0.717) is 43.6 Å². The molecule has 0 radical (unpaired) electrons. The van der Waals surface area contributed by atoms with E-state index in [-0.39, 0.29) is 24.1 Å². The number of pyridine rings is 2. The zero-order valence-electron chi connectivity index (χ0n) is 16.8. The van der Waals surface area contributed by atoms with Gasteiger partial charge in [-0.25, -0.2) is 4.98 Å². The summed E-state index contributed by atoms with van der Waals surface area (Å²) in [4.78, 5) is 45.4. The van der Waals surface area contributed by atoms with E-state index < -0.39 is 11.5 Å². The Morgan fingerprint density at radius 2 is 2.07 bits per heavy atom. The number of β-amino-alcohol motifs (C(OH)–C–C–N with tert-alkyl or cyclic N) is 1. The number of nitrogens with two attached hydrogens (primary N) is 1. The highest BCUT2D eigenvalue weighted by Gasteiger charge is 2.23. The van der Waals surface area contributed by atoms with Gasteiger partial charge in [-0.1, -0.05) is 0 Å². The lowest BCUT2D eigenvalue weighted by Gasteiger charge is -2.21. The van der Waals surface area contributed by atoms with Crippen LogP contribution >= 0.6 is 0 Å². The third-order valence-corrected chi connectivity index (χ3v) is 5.40. The van der Waals surface area contributed by atoms with Crippen LogP contribution in [-0.4, -0.2) is 68.6 Å². The lowest BCUT2D eigenvalue weighted by Crippen LogP contribution is -2.38. The van der Waals surface area contributed by atoms with Crippen molar-refractivity contribution in [3.8, 4) is 0 Å². The largest absolute Gasteiger partial charge is 0.392 e. The number of hydrogen-bond donors (Lipinski definition) is 2. The molecule has 2 aromatic rings. The lowest BCUT2D eigenvalue weighted by molar-refractivity contribution is -0.131. The number of rotatable bonds is 7. The van der Waals surface area contributed by atoms with Crippen LogP contribution in [0.2, 0.25) is 0 Å². The van der Waals surface area contributed by atoms with Gasteiger partial charge in [-0.15, -0.1) is 0 Å². The Morgan fingerprint density at radius 3 is 2.66 bits per heavy atom. The molecule has 0 aliphatic carbocycles. The average Bonchev–Trinajstić information content (AvgIpc) is 3.09. The number of fused-ring (bicyclic) bond motifs is 1. The van der Waals surface area contributed by atoms with Crippen LogP contribution in [-0.2, 0) is 17.9 Å². The van der Waals surface area contributed by atoms with Crippen LogP contribution in [0.3, 0.4) is 0 Å². The van der Waals surface area contributed by atoms with Gasteiger partial charge in [0.05, 0.1) is 6.10 Å². The first-order valence-corrected chi connectivity index (χ1v) is 9.85. The van der Waals surface area contributed by atoms with E-state index in [9.17, 15) is 19.5 Å². The molecule has 3 heterocycles. The number of aliphatic hydroxyl groups excluding tert-OH is 1. The Labute approximate surface area is 168 Å². The van der Waals surface area contributed by atoms with E-state index in [1.807, 2.05) is 19.9 Å². The number of carbonyl (C=O) groups is 2. The average molecular weight is 401 g/mol. The summed E-state index contributed by atoms with van der Waals surface area (Å²) in [6, 6.07) is 3.28. The molecule has 2 amide bonds. The quantitative estimate of drug-likeness (QED) is 0.670. The first-order chi connectivity index (χ1) is 13.8. The molecule has 0 aromatic carbocycles. The predicted octanol–water partition coefficient (Wildman–Crippen LogP) is -0.0696. The van der Waals surface area contributed by atoms with Crippen molar-refractivity contribution in [2.75, 3.05) is 26.2 Å². The molecule has 9 nitrogen and oxygen atoms in total. The van der Waals surface area contributed by atoms with Gasteiger partial charge in [0.15, 0.2) is 0 Å². The summed E-state index contributed by atoms with van der Waals surface area (Å²) in [7, 11) is 0. The van der Waals surface area contributed by atoms with E-state index in [1.165, 1.54) is 10.6 Å². The molecular formula is C20H27N5O4. The van der Waals surface area contributed by atoms with Crippen molar-refractivity contribution < 1.29 is 14.7 Å². The lowest BCUT2D eigenvalue weighted by atomic mass is 10.1. The van der Waals surface area contributed by atoms with Crippen molar-refractivity contribution in [1.29, 1.82) is 0 Å². The van der Waals surface area contributed by atoms with Gasteiger partial charge >= 0.3 is 0 Å². The molecule has 1 atom stereocenters. The highest BCUT2D eigenvalue weighted by atomic mass is 16.3. The highest BCUT2D eigenvalue weighted by Crippen LogP contribution is 2.21. The van der Waals surface area contributed by atoms with E-state index in [2.05, 4.69) is 9.88 Å². The fourth-order valence-electron chi connectivity index (χ4n) is 3.79. The third kappa shape index (κ3) is 4.30. The van der Waals surface area contributed by atoms with Gasteiger partial charge in [-0.2, -0.15) is 0 Å². The molecule has 0 saturated carbocycles. The van der Waals surface area contributed by atoms with Crippen molar-refractivity contribution in [3.63, 3.8) is 0 Å². The van der Waals surface area contributed by atoms with Gasteiger partial charge < -0.3 is 15.7 Å². The third-order valence-electron chi connectivity index (χ3n) is 5.40. The second kappa shape index (κ2) is 8.71. The standard InChI is InChI=1S/C20H27N5O4/c1-3-24(4-2)17(27)12-25-19-15(9-16(18(21)28)20(25)29)13(5-7-22-19)10-23-8-6-14(26)11-23/h5,7,9,14,26H,3-4,6,8,10-12H2,1-2H3,(H2,21,28). The number of carbonyl (C=O) groups excluding carboxylic acids is 2. The summed E-state index contributed by atoms with van der Waals surface area (Å²) in [5, 5.41) is 10.4. The maximum atomic E-state index is 12.9. The van der Waals surface area contributed by atoms with Crippen molar-refractivity contribution in [1.82, 2.24) is 19.4 Å². The van der Waals surface area contributed by atoms with Crippen LogP contribution in [0.25, 0.3) is 11.0 Å². The zero-order valence-corrected chi connectivity index (χ0v) is 16.8. The molecule has 0 bridgehead atoms. The predicted molar refractivity (Wildman–Crippen MR) is 108 cm³/mol. The fraction of sp³-hybridized carbons (Fsp3) is 0.500. The Kier molecular flexibility index (Phi) is 6.29. The van der Waals surface area contributed by atoms with Gasteiger partial charge in [-0.3, -0.25) is 23.9 Å². The van der Waals surface area contributed by atoms with Crippen LogP contribution in [0.1, 0.15) is 36.2 Å². The molecule has 3 N–H and O–H groups in total. The molecule has 0 spiro atoms. The molecule has 1 unspecified atom stereocenters. The van der Waals surface area contributed by atoms with Crippen molar-refractivity contribution >= 4 is 22.8 Å². The van der Waals surface area contributed by atoms with E-state index in [4.69, 9.17) is 5.73 Å². The number of nitrogens with zero attached hydrogens (tertiary/aromatic N) is 4. The second-order valence-electron chi connectivity index (χ2n) is 7.26. The van der Waals surface area contributed by atoms with Gasteiger partial charge in [0.1, 0.15) is 17.8 Å². The van der Waals surface area contributed by atoms with Crippen LogP contribution in [0.4, 0.5) is 0 Å². The fourth-order valence-corrected chi connectivity index (χ4v) is 3.79. The maximum absolute atomic E-state index is 12.9. The van der Waals surface area contributed by atoms with Crippen LogP contribution in [0.5, 0.6) is 0 Å². The van der Waals surface area contributed by atoms with Gasteiger partial charge in [0, 0.05) is 44.3 Å². The van der Waals surface area contributed by atoms with Crippen molar-refractivity contribution in [2.45, 2.75) is 39.5 Å². The van der Waals surface area contributed by atoms with Crippen molar-refractivity contribution in [2.24, 2.45) is 5.73 Å². The SMILES string of the molecule is CCN(CC)C(=O)Cn1c(=O)c(C(N)=O)cc2c(CN3CCC(O)C3)ccnc21. The smallest absolute Gasteiger partial charge is 0.265 e. The molecule has 2 aromatic heterocycles. The summed E-state index contributed by atoms with van der Waals surface area (Å²) >= 11 is 0. The van der Waals surface area contributed by atoms with Crippen molar-refractivity contribution in [3.05, 3.63) is 39.8 Å². The van der Waals surface area contributed by atoms with Crippen LogP contribution < -0.4 is 11.3 Å². The molecule has 1 fully saturated rings. The maximum Gasteiger partial charge on any atom is 0.265 e. The van der Waals surface area contributed by atoms with Crippen LogP contribution in [0.15, 0.2) is 23.1 Å². The first-order valence-electron chi connectivity index (χ1n) is 9.85. The Hall–Kier alpha value is -2.78. The molecule has 3 rings (SSSR count). The molecule has 9 heteroatoms. The summed E-state index contributed by atoms with van der Waals surface area (Å²) in [6.07, 6.45) is 1.94. The first kappa shape index (κ1) is 20.9. The minimum atomic E-state index is -0.840. The molecule has 156 valence electrons. The number of primary amides is 1. The van der Waals surface area contributed by atoms with E-state index in [0.717, 1.165) is 12.1 Å². The monoisotopic (exact) mass is 401 g/mol. The Bertz CT molecular complexity index is 983. The molecule has 29 heavy (non-hydrogen) atoms. The van der Waals surface area contributed by atoms with E-state index in [1.54, 1.807) is 11.1 Å². The normalized spacial score (nSPS) is 17.0. The van der Waals surface area contributed by atoms with Gasteiger partial charge in [-0.05, 0) is 38.0 Å². The van der Waals surface area contributed by atoms with Gasteiger partial charge in [0.2, 0.25) is 5.91 Å².